The highest BCUT2D eigenvalue weighted by atomic mass is 16.6. The summed E-state index contributed by atoms with van der Waals surface area (Å²) in [4.78, 5) is 33.4. The summed E-state index contributed by atoms with van der Waals surface area (Å²) in [5, 5.41) is 24.0. The zero-order valence-corrected chi connectivity index (χ0v) is 11.7. The Bertz CT molecular complexity index is 797. The summed E-state index contributed by atoms with van der Waals surface area (Å²) < 4.78 is 1.07. The molecule has 114 valence electrons. The Morgan fingerprint density at radius 1 is 1.41 bits per heavy atom. The molecule has 0 saturated heterocycles. The van der Waals surface area contributed by atoms with E-state index in [1.807, 2.05) is 6.92 Å². The third kappa shape index (κ3) is 3.00. The van der Waals surface area contributed by atoms with Crippen LogP contribution in [0.25, 0.3) is 11.3 Å². The van der Waals surface area contributed by atoms with E-state index in [1.54, 1.807) is 6.07 Å². The van der Waals surface area contributed by atoms with Gasteiger partial charge in [0.2, 0.25) is 0 Å². The molecular weight excluding hydrogens is 290 g/mol. The number of hydrogen-bond donors (Lipinski definition) is 1. The molecular formula is C14H13N3O5. The topological polar surface area (TPSA) is 115 Å². The number of nitro groups is 1. The Labute approximate surface area is 124 Å². The minimum atomic E-state index is -1.36. The number of aromatic carboxylic acids is 1. The number of hydrogen-bond acceptors (Lipinski definition) is 5. The smallest absolute Gasteiger partial charge is 0.341 e. The van der Waals surface area contributed by atoms with E-state index < -0.39 is 22.0 Å². The quantitative estimate of drug-likeness (QED) is 0.666. The lowest BCUT2D eigenvalue weighted by atomic mass is 10.1. The molecule has 8 heteroatoms. The lowest BCUT2D eigenvalue weighted by Crippen LogP contribution is -2.28. The molecule has 0 fully saturated rings. The van der Waals surface area contributed by atoms with E-state index in [1.165, 1.54) is 18.2 Å². The van der Waals surface area contributed by atoms with E-state index in [0.29, 0.717) is 12.0 Å². The fraction of sp³-hybridized carbons (Fsp3) is 0.214. The van der Waals surface area contributed by atoms with Gasteiger partial charge in [0, 0.05) is 24.2 Å². The first kappa shape index (κ1) is 15.4. The Balaban J connectivity index is 2.64. The van der Waals surface area contributed by atoms with Crippen molar-refractivity contribution in [1.29, 1.82) is 0 Å². The number of carboxylic acids is 1. The average molecular weight is 303 g/mol. The molecule has 0 aliphatic carbocycles. The summed E-state index contributed by atoms with van der Waals surface area (Å²) in [5.41, 5.74) is -0.659. The van der Waals surface area contributed by atoms with Gasteiger partial charge < -0.3 is 5.11 Å². The van der Waals surface area contributed by atoms with Crippen molar-refractivity contribution in [3.8, 4) is 11.3 Å². The van der Waals surface area contributed by atoms with Crippen molar-refractivity contribution >= 4 is 11.7 Å². The third-order valence-electron chi connectivity index (χ3n) is 2.99. The van der Waals surface area contributed by atoms with E-state index in [0.717, 1.165) is 10.7 Å². The van der Waals surface area contributed by atoms with Crippen LogP contribution in [0.4, 0.5) is 5.69 Å². The fourth-order valence-corrected chi connectivity index (χ4v) is 1.98. The molecule has 0 saturated carbocycles. The van der Waals surface area contributed by atoms with Gasteiger partial charge in [-0.2, -0.15) is 5.10 Å². The SMILES string of the molecule is CCCn1nc(-c2cccc([N+](=O)[O-])c2)cc(C(=O)O)c1=O. The van der Waals surface area contributed by atoms with Gasteiger partial charge in [-0.05, 0) is 12.5 Å². The van der Waals surface area contributed by atoms with Crippen LogP contribution in [0, 0.1) is 10.1 Å². The van der Waals surface area contributed by atoms with E-state index in [9.17, 15) is 19.7 Å². The zero-order valence-electron chi connectivity index (χ0n) is 11.7. The van der Waals surface area contributed by atoms with Crippen LogP contribution in [0.15, 0.2) is 35.1 Å². The fourth-order valence-electron chi connectivity index (χ4n) is 1.98. The first-order valence-electron chi connectivity index (χ1n) is 6.54. The lowest BCUT2D eigenvalue weighted by Gasteiger charge is -2.08. The van der Waals surface area contributed by atoms with Gasteiger partial charge in [-0.15, -0.1) is 0 Å². The summed E-state index contributed by atoms with van der Waals surface area (Å²) in [6.07, 6.45) is 0.602. The number of aromatic nitrogens is 2. The summed E-state index contributed by atoms with van der Waals surface area (Å²) in [6, 6.07) is 6.79. The second-order valence-corrected chi connectivity index (χ2v) is 4.58. The van der Waals surface area contributed by atoms with Gasteiger partial charge in [0.15, 0.2) is 0 Å². The van der Waals surface area contributed by atoms with Crippen molar-refractivity contribution in [2.45, 2.75) is 19.9 Å². The number of aryl methyl sites for hydroxylation is 1. The zero-order chi connectivity index (χ0) is 16.3. The van der Waals surface area contributed by atoms with Crippen molar-refractivity contribution < 1.29 is 14.8 Å². The average Bonchev–Trinajstić information content (AvgIpc) is 2.49. The maximum absolute atomic E-state index is 12.0. The predicted molar refractivity (Wildman–Crippen MR) is 77.8 cm³/mol. The van der Waals surface area contributed by atoms with Crippen LogP contribution in [0.1, 0.15) is 23.7 Å². The monoisotopic (exact) mass is 303 g/mol. The Kier molecular flexibility index (Phi) is 4.31. The summed E-state index contributed by atoms with van der Waals surface area (Å²) in [6.45, 7) is 2.09. The number of nitro benzene ring substituents is 1. The second-order valence-electron chi connectivity index (χ2n) is 4.58. The first-order chi connectivity index (χ1) is 10.4. The van der Waals surface area contributed by atoms with Crippen molar-refractivity contribution in [3.63, 3.8) is 0 Å². The van der Waals surface area contributed by atoms with Crippen molar-refractivity contribution in [2.24, 2.45) is 0 Å². The number of benzene rings is 1. The van der Waals surface area contributed by atoms with E-state index >= 15 is 0 Å². The predicted octanol–water partition coefficient (Wildman–Crippen LogP) is 1.93. The standard InChI is InChI=1S/C14H13N3O5/c1-2-6-16-13(18)11(14(19)20)8-12(15-16)9-4-3-5-10(7-9)17(21)22/h3-5,7-8H,2,6H2,1H3,(H,19,20). The molecule has 0 spiro atoms. The number of nitrogens with zero attached hydrogens (tertiary/aromatic N) is 3. The maximum atomic E-state index is 12.0. The number of non-ortho nitro benzene ring substituents is 1. The van der Waals surface area contributed by atoms with Crippen LogP contribution < -0.4 is 5.56 Å². The van der Waals surface area contributed by atoms with Crippen LogP contribution in [0.5, 0.6) is 0 Å². The van der Waals surface area contributed by atoms with Gasteiger partial charge >= 0.3 is 5.97 Å². The molecule has 8 nitrogen and oxygen atoms in total. The van der Waals surface area contributed by atoms with Gasteiger partial charge in [0.05, 0.1) is 10.6 Å². The summed E-state index contributed by atoms with van der Waals surface area (Å²) >= 11 is 0. The highest BCUT2D eigenvalue weighted by molar-refractivity contribution is 5.88. The Morgan fingerprint density at radius 3 is 2.73 bits per heavy atom. The van der Waals surface area contributed by atoms with E-state index in [-0.39, 0.29) is 17.9 Å². The molecule has 0 bridgehead atoms. The van der Waals surface area contributed by atoms with E-state index in [4.69, 9.17) is 5.11 Å². The molecule has 1 aromatic carbocycles. The molecule has 0 atom stereocenters. The second kappa shape index (κ2) is 6.17. The molecule has 0 aliphatic heterocycles. The Hall–Kier alpha value is -3.03. The molecule has 0 aliphatic rings. The van der Waals surface area contributed by atoms with E-state index in [2.05, 4.69) is 5.10 Å². The van der Waals surface area contributed by atoms with Gasteiger partial charge in [-0.25, -0.2) is 9.48 Å². The number of carbonyl (C=O) groups is 1. The summed E-state index contributed by atoms with van der Waals surface area (Å²) in [5.74, 6) is -1.36. The normalized spacial score (nSPS) is 10.4. The molecule has 0 radical (unpaired) electrons. The minimum absolute atomic E-state index is 0.135. The van der Waals surface area contributed by atoms with Gasteiger partial charge in [0.25, 0.3) is 11.2 Å². The summed E-state index contributed by atoms with van der Waals surface area (Å²) in [7, 11) is 0. The molecule has 0 unspecified atom stereocenters. The van der Waals surface area contributed by atoms with Crippen LogP contribution >= 0.6 is 0 Å². The highest BCUT2D eigenvalue weighted by Crippen LogP contribution is 2.22. The van der Waals surface area contributed by atoms with Crippen molar-refractivity contribution in [3.05, 3.63) is 56.4 Å². The van der Waals surface area contributed by atoms with Crippen LogP contribution in [0.3, 0.4) is 0 Å². The van der Waals surface area contributed by atoms with Crippen molar-refractivity contribution in [1.82, 2.24) is 9.78 Å². The molecule has 2 aromatic rings. The first-order valence-corrected chi connectivity index (χ1v) is 6.54. The van der Waals surface area contributed by atoms with Crippen LogP contribution in [0.2, 0.25) is 0 Å². The van der Waals surface area contributed by atoms with Gasteiger partial charge in [0.1, 0.15) is 5.56 Å². The lowest BCUT2D eigenvalue weighted by molar-refractivity contribution is -0.384. The minimum Gasteiger partial charge on any atom is -0.477 e. The third-order valence-corrected chi connectivity index (χ3v) is 2.99. The molecule has 22 heavy (non-hydrogen) atoms. The van der Waals surface area contributed by atoms with Crippen LogP contribution in [-0.2, 0) is 6.54 Å². The number of carboxylic acid groups (broad SMARTS) is 1. The van der Waals surface area contributed by atoms with Crippen molar-refractivity contribution in [2.75, 3.05) is 0 Å². The highest BCUT2D eigenvalue weighted by Gasteiger charge is 2.16. The molecule has 1 aromatic heterocycles. The van der Waals surface area contributed by atoms with Crippen LogP contribution in [-0.4, -0.2) is 25.8 Å². The molecule has 0 amide bonds. The molecule has 1 N–H and O–H groups in total. The Morgan fingerprint density at radius 2 is 2.14 bits per heavy atom. The largest absolute Gasteiger partial charge is 0.477 e. The van der Waals surface area contributed by atoms with Gasteiger partial charge in [-0.1, -0.05) is 19.1 Å². The molecule has 1 heterocycles. The maximum Gasteiger partial charge on any atom is 0.341 e. The van der Waals surface area contributed by atoms with Gasteiger partial charge in [-0.3, -0.25) is 14.9 Å². The molecule has 2 rings (SSSR count). The number of rotatable bonds is 5.